The van der Waals surface area contributed by atoms with Gasteiger partial charge in [0.05, 0.1) is 6.54 Å². The van der Waals surface area contributed by atoms with Crippen molar-refractivity contribution in [3.05, 3.63) is 35.4 Å². The fraction of sp³-hybridized carbons (Fsp3) is 0.588. The van der Waals surface area contributed by atoms with Crippen molar-refractivity contribution in [3.63, 3.8) is 0 Å². The van der Waals surface area contributed by atoms with Crippen molar-refractivity contribution < 1.29 is 4.79 Å². The lowest BCUT2D eigenvalue weighted by Crippen LogP contribution is -2.38. The molecule has 1 N–H and O–H groups in total. The summed E-state index contributed by atoms with van der Waals surface area (Å²) in [6.07, 6.45) is 5.16. The lowest BCUT2D eigenvalue weighted by Gasteiger charge is -2.33. The maximum absolute atomic E-state index is 12.2. The molecule has 2 fully saturated rings. The molecule has 0 radical (unpaired) electrons. The van der Waals surface area contributed by atoms with Crippen molar-refractivity contribution in [1.82, 2.24) is 10.2 Å². The largest absolute Gasteiger partial charge is 0.321 e. The third-order valence-corrected chi connectivity index (χ3v) is 4.83. The van der Waals surface area contributed by atoms with Crippen molar-refractivity contribution >= 4 is 5.91 Å². The SMILES string of the molecule is Cc1ccc(C2NCC(=O)N2CC2(C)CCCC2)cc1. The number of benzene rings is 1. The van der Waals surface area contributed by atoms with Crippen LogP contribution in [0.2, 0.25) is 0 Å². The van der Waals surface area contributed by atoms with Crippen LogP contribution in [0.25, 0.3) is 0 Å². The van der Waals surface area contributed by atoms with E-state index in [0.29, 0.717) is 12.0 Å². The number of nitrogens with zero attached hydrogens (tertiary/aromatic N) is 1. The van der Waals surface area contributed by atoms with E-state index in [4.69, 9.17) is 0 Å². The second kappa shape index (κ2) is 5.21. The minimum atomic E-state index is 0.0560. The van der Waals surface area contributed by atoms with E-state index in [2.05, 4.69) is 48.3 Å². The molecule has 1 atom stereocenters. The number of carbonyl (C=O) groups excluding carboxylic acids is 1. The van der Waals surface area contributed by atoms with E-state index < -0.39 is 0 Å². The van der Waals surface area contributed by atoms with Crippen LogP contribution in [0.5, 0.6) is 0 Å². The molecular weight excluding hydrogens is 248 g/mol. The average Bonchev–Trinajstić information content (AvgIpc) is 3.00. The number of amides is 1. The molecule has 1 aromatic carbocycles. The molecular formula is C17H24N2O. The lowest BCUT2D eigenvalue weighted by atomic mass is 9.88. The molecule has 1 aliphatic heterocycles. The summed E-state index contributed by atoms with van der Waals surface area (Å²) in [5.74, 6) is 0.240. The molecule has 1 aromatic rings. The van der Waals surface area contributed by atoms with Crippen LogP contribution in [0.15, 0.2) is 24.3 Å². The molecule has 0 bridgehead atoms. The van der Waals surface area contributed by atoms with Crippen LogP contribution in [0.1, 0.15) is 49.9 Å². The summed E-state index contributed by atoms with van der Waals surface area (Å²) < 4.78 is 0. The number of rotatable bonds is 3. The van der Waals surface area contributed by atoms with Gasteiger partial charge in [-0.3, -0.25) is 10.1 Å². The van der Waals surface area contributed by atoms with Gasteiger partial charge in [-0.25, -0.2) is 0 Å². The van der Waals surface area contributed by atoms with Crippen LogP contribution in [-0.2, 0) is 4.79 Å². The molecule has 3 rings (SSSR count). The molecule has 0 aromatic heterocycles. The maximum atomic E-state index is 12.2. The van der Waals surface area contributed by atoms with Crippen LogP contribution in [0.4, 0.5) is 0 Å². The van der Waals surface area contributed by atoms with Crippen LogP contribution in [0.3, 0.4) is 0 Å². The molecule has 2 aliphatic rings. The van der Waals surface area contributed by atoms with Crippen LogP contribution in [0, 0.1) is 12.3 Å². The zero-order valence-corrected chi connectivity index (χ0v) is 12.5. The number of hydrogen-bond donors (Lipinski definition) is 1. The predicted octanol–water partition coefficient (Wildman–Crippen LogP) is 3.01. The van der Waals surface area contributed by atoms with Gasteiger partial charge in [0.15, 0.2) is 0 Å². The summed E-state index contributed by atoms with van der Waals surface area (Å²) in [6.45, 7) is 5.78. The zero-order valence-electron chi connectivity index (χ0n) is 12.5. The highest BCUT2D eigenvalue weighted by Gasteiger charge is 2.38. The first-order valence-corrected chi connectivity index (χ1v) is 7.67. The average molecular weight is 272 g/mol. The van der Waals surface area contributed by atoms with Gasteiger partial charge in [0, 0.05) is 6.54 Å². The highest BCUT2D eigenvalue weighted by molar-refractivity contribution is 5.81. The molecule has 1 amide bonds. The summed E-state index contributed by atoms with van der Waals surface area (Å²) in [4.78, 5) is 14.3. The Morgan fingerprint density at radius 1 is 1.25 bits per heavy atom. The summed E-state index contributed by atoms with van der Waals surface area (Å²) in [6, 6.07) is 8.51. The Bertz CT molecular complexity index is 488. The van der Waals surface area contributed by atoms with Gasteiger partial charge in [-0.1, -0.05) is 49.6 Å². The van der Waals surface area contributed by atoms with Gasteiger partial charge < -0.3 is 4.90 Å². The quantitative estimate of drug-likeness (QED) is 0.917. The van der Waals surface area contributed by atoms with Crippen molar-refractivity contribution in [2.24, 2.45) is 5.41 Å². The second-order valence-corrected chi connectivity index (χ2v) is 6.73. The summed E-state index contributed by atoms with van der Waals surface area (Å²) in [5.41, 5.74) is 2.76. The van der Waals surface area contributed by atoms with E-state index in [9.17, 15) is 4.79 Å². The Morgan fingerprint density at radius 3 is 2.55 bits per heavy atom. The third kappa shape index (κ3) is 2.59. The molecule has 1 saturated heterocycles. The van der Waals surface area contributed by atoms with Gasteiger partial charge in [0.2, 0.25) is 5.91 Å². The van der Waals surface area contributed by atoms with Crippen molar-refractivity contribution in [2.45, 2.75) is 45.7 Å². The molecule has 0 spiro atoms. The maximum Gasteiger partial charge on any atom is 0.238 e. The lowest BCUT2D eigenvalue weighted by molar-refractivity contribution is -0.129. The first-order valence-electron chi connectivity index (χ1n) is 7.67. The Morgan fingerprint density at radius 2 is 1.90 bits per heavy atom. The van der Waals surface area contributed by atoms with Gasteiger partial charge in [-0.05, 0) is 30.7 Å². The summed E-state index contributed by atoms with van der Waals surface area (Å²) in [7, 11) is 0. The van der Waals surface area contributed by atoms with Crippen LogP contribution >= 0.6 is 0 Å². The number of carbonyl (C=O) groups is 1. The second-order valence-electron chi connectivity index (χ2n) is 6.73. The molecule has 1 unspecified atom stereocenters. The van der Waals surface area contributed by atoms with Gasteiger partial charge in [-0.15, -0.1) is 0 Å². The molecule has 1 aliphatic carbocycles. The smallest absolute Gasteiger partial charge is 0.238 e. The molecule has 20 heavy (non-hydrogen) atoms. The summed E-state index contributed by atoms with van der Waals surface area (Å²) >= 11 is 0. The zero-order chi connectivity index (χ0) is 14.2. The van der Waals surface area contributed by atoms with E-state index in [1.807, 2.05) is 0 Å². The van der Waals surface area contributed by atoms with Crippen molar-refractivity contribution in [3.8, 4) is 0 Å². The van der Waals surface area contributed by atoms with E-state index in [0.717, 1.165) is 6.54 Å². The number of hydrogen-bond acceptors (Lipinski definition) is 2. The van der Waals surface area contributed by atoms with Crippen LogP contribution in [-0.4, -0.2) is 23.9 Å². The van der Waals surface area contributed by atoms with Gasteiger partial charge >= 0.3 is 0 Å². The Hall–Kier alpha value is -1.35. The topological polar surface area (TPSA) is 32.3 Å². The normalized spacial score (nSPS) is 25.4. The van der Waals surface area contributed by atoms with Crippen molar-refractivity contribution in [1.29, 1.82) is 0 Å². The monoisotopic (exact) mass is 272 g/mol. The fourth-order valence-corrected chi connectivity index (χ4v) is 3.56. The first kappa shape index (κ1) is 13.6. The fourth-order valence-electron chi connectivity index (χ4n) is 3.56. The minimum absolute atomic E-state index is 0.0560. The number of aryl methyl sites for hydroxylation is 1. The Balaban J connectivity index is 1.79. The summed E-state index contributed by atoms with van der Waals surface area (Å²) in [5, 5.41) is 3.36. The van der Waals surface area contributed by atoms with E-state index in [1.54, 1.807) is 0 Å². The molecule has 1 saturated carbocycles. The Kier molecular flexibility index (Phi) is 3.55. The molecule has 3 heteroatoms. The highest BCUT2D eigenvalue weighted by atomic mass is 16.2. The predicted molar refractivity (Wildman–Crippen MR) is 80.2 cm³/mol. The highest BCUT2D eigenvalue weighted by Crippen LogP contribution is 2.40. The van der Waals surface area contributed by atoms with E-state index in [1.165, 1.54) is 36.8 Å². The van der Waals surface area contributed by atoms with Crippen LogP contribution < -0.4 is 5.32 Å². The number of nitrogens with one attached hydrogen (secondary N) is 1. The van der Waals surface area contributed by atoms with Crippen molar-refractivity contribution in [2.75, 3.05) is 13.1 Å². The standard InChI is InChI=1S/C17H24N2O/c1-13-5-7-14(8-6-13)16-18-11-15(20)19(16)12-17(2)9-3-4-10-17/h5-8,16,18H,3-4,9-12H2,1-2H3. The first-order chi connectivity index (χ1) is 9.57. The van der Waals surface area contributed by atoms with E-state index in [-0.39, 0.29) is 12.1 Å². The Labute approximate surface area is 121 Å². The molecule has 108 valence electrons. The molecule has 3 nitrogen and oxygen atoms in total. The molecule has 1 heterocycles. The van der Waals surface area contributed by atoms with E-state index >= 15 is 0 Å². The van der Waals surface area contributed by atoms with Gasteiger partial charge in [0.25, 0.3) is 0 Å². The minimum Gasteiger partial charge on any atom is -0.321 e. The van der Waals surface area contributed by atoms with Gasteiger partial charge in [-0.2, -0.15) is 0 Å². The van der Waals surface area contributed by atoms with Gasteiger partial charge in [0.1, 0.15) is 6.17 Å². The third-order valence-electron chi connectivity index (χ3n) is 4.83.